The Kier molecular flexibility index (Phi) is 2.05. The summed E-state index contributed by atoms with van der Waals surface area (Å²) in [5.74, 6) is 0. The SMILES string of the molecule is CC1=CC=Cc2cccc(C)c2C1. The first-order chi connectivity index (χ1) is 6.27. The third kappa shape index (κ3) is 1.57. The van der Waals surface area contributed by atoms with Gasteiger partial charge in [-0.15, -0.1) is 0 Å². The molecule has 1 aliphatic carbocycles. The molecule has 0 nitrogen and oxygen atoms in total. The van der Waals surface area contributed by atoms with Gasteiger partial charge in [0.05, 0.1) is 0 Å². The summed E-state index contributed by atoms with van der Waals surface area (Å²) in [5, 5.41) is 0. The van der Waals surface area contributed by atoms with Crippen LogP contribution >= 0.6 is 0 Å². The molecule has 0 heteroatoms. The smallest absolute Gasteiger partial charge is 0.00582 e. The average molecular weight is 170 g/mol. The lowest BCUT2D eigenvalue weighted by molar-refractivity contribution is 1.12. The highest BCUT2D eigenvalue weighted by molar-refractivity contribution is 5.59. The Morgan fingerprint density at radius 1 is 1.15 bits per heavy atom. The van der Waals surface area contributed by atoms with Crippen LogP contribution in [-0.2, 0) is 6.42 Å². The van der Waals surface area contributed by atoms with Crippen LogP contribution in [0.4, 0.5) is 0 Å². The van der Waals surface area contributed by atoms with Gasteiger partial charge in [-0.3, -0.25) is 0 Å². The molecule has 0 atom stereocenters. The Morgan fingerprint density at radius 3 is 2.85 bits per heavy atom. The van der Waals surface area contributed by atoms with Gasteiger partial charge in [-0.1, -0.05) is 42.0 Å². The van der Waals surface area contributed by atoms with Crippen LogP contribution in [0.2, 0.25) is 0 Å². The van der Waals surface area contributed by atoms with Crippen molar-refractivity contribution >= 4 is 6.08 Å². The van der Waals surface area contributed by atoms with Gasteiger partial charge < -0.3 is 0 Å². The number of hydrogen-bond donors (Lipinski definition) is 0. The van der Waals surface area contributed by atoms with Gasteiger partial charge >= 0.3 is 0 Å². The van der Waals surface area contributed by atoms with E-state index in [1.807, 2.05) is 0 Å². The molecule has 0 aliphatic heterocycles. The summed E-state index contributed by atoms with van der Waals surface area (Å²) >= 11 is 0. The first kappa shape index (κ1) is 8.31. The fourth-order valence-corrected chi connectivity index (χ4v) is 1.78. The Labute approximate surface area is 79.6 Å². The molecule has 0 heterocycles. The fraction of sp³-hybridized carbons (Fsp3) is 0.231. The molecule has 0 unspecified atom stereocenters. The predicted molar refractivity (Wildman–Crippen MR) is 57.7 cm³/mol. The van der Waals surface area contributed by atoms with E-state index in [9.17, 15) is 0 Å². The average Bonchev–Trinajstić information content (AvgIpc) is 2.28. The lowest BCUT2D eigenvalue weighted by atomic mass is 9.97. The van der Waals surface area contributed by atoms with Gasteiger partial charge in [-0.05, 0) is 37.0 Å². The number of fused-ring (bicyclic) bond motifs is 1. The van der Waals surface area contributed by atoms with Gasteiger partial charge in [0.15, 0.2) is 0 Å². The Morgan fingerprint density at radius 2 is 2.00 bits per heavy atom. The first-order valence-corrected chi connectivity index (χ1v) is 4.70. The van der Waals surface area contributed by atoms with Crippen LogP contribution in [0, 0.1) is 6.92 Å². The lowest BCUT2D eigenvalue weighted by Crippen LogP contribution is -1.93. The minimum Gasteiger partial charge on any atom is -0.0689 e. The molecule has 66 valence electrons. The minimum absolute atomic E-state index is 1.09. The van der Waals surface area contributed by atoms with Crippen molar-refractivity contribution in [3.05, 3.63) is 52.6 Å². The van der Waals surface area contributed by atoms with Gasteiger partial charge in [0.2, 0.25) is 0 Å². The Bertz CT molecular complexity index is 381. The highest BCUT2D eigenvalue weighted by Crippen LogP contribution is 2.21. The van der Waals surface area contributed by atoms with Crippen molar-refractivity contribution in [1.82, 2.24) is 0 Å². The molecule has 1 aromatic carbocycles. The maximum Gasteiger partial charge on any atom is -0.00582 e. The second-order valence-corrected chi connectivity index (χ2v) is 3.69. The van der Waals surface area contributed by atoms with Crippen LogP contribution in [0.1, 0.15) is 23.6 Å². The molecule has 0 radical (unpaired) electrons. The Hall–Kier alpha value is -1.30. The maximum atomic E-state index is 2.19. The van der Waals surface area contributed by atoms with Crippen molar-refractivity contribution in [2.45, 2.75) is 20.3 Å². The molecule has 2 rings (SSSR count). The van der Waals surface area contributed by atoms with Gasteiger partial charge in [-0.25, -0.2) is 0 Å². The monoisotopic (exact) mass is 170 g/mol. The summed E-state index contributed by atoms with van der Waals surface area (Å²) < 4.78 is 0. The molecule has 0 saturated heterocycles. The van der Waals surface area contributed by atoms with E-state index >= 15 is 0 Å². The Balaban J connectivity index is 2.57. The summed E-state index contributed by atoms with van der Waals surface area (Å²) in [7, 11) is 0. The van der Waals surface area contributed by atoms with Crippen molar-refractivity contribution in [2.24, 2.45) is 0 Å². The van der Waals surface area contributed by atoms with E-state index in [2.05, 4.69) is 50.3 Å². The molecular weight excluding hydrogens is 156 g/mol. The zero-order chi connectivity index (χ0) is 9.26. The normalized spacial score (nSPS) is 14.8. The largest absolute Gasteiger partial charge is 0.0689 e. The minimum atomic E-state index is 1.09. The van der Waals surface area contributed by atoms with Crippen LogP contribution in [0.3, 0.4) is 0 Å². The quantitative estimate of drug-likeness (QED) is 0.559. The van der Waals surface area contributed by atoms with E-state index in [1.165, 1.54) is 22.3 Å². The standard InChI is InChI=1S/C13H14/c1-10-5-3-7-12-8-4-6-11(2)13(12)9-10/h3-8H,9H2,1-2H3. The lowest BCUT2D eigenvalue weighted by Gasteiger charge is -2.08. The maximum absolute atomic E-state index is 2.19. The molecule has 0 spiro atoms. The molecule has 0 fully saturated rings. The third-order valence-corrected chi connectivity index (χ3v) is 2.56. The highest BCUT2D eigenvalue weighted by Gasteiger charge is 2.05. The van der Waals surface area contributed by atoms with Crippen molar-refractivity contribution < 1.29 is 0 Å². The predicted octanol–water partition coefficient (Wildman–Crippen LogP) is 3.51. The van der Waals surface area contributed by atoms with Crippen LogP contribution in [-0.4, -0.2) is 0 Å². The van der Waals surface area contributed by atoms with E-state index in [-0.39, 0.29) is 0 Å². The molecule has 0 bridgehead atoms. The molecular formula is C13H14. The van der Waals surface area contributed by atoms with E-state index < -0.39 is 0 Å². The summed E-state index contributed by atoms with van der Waals surface area (Å²) in [5.41, 5.74) is 5.68. The second-order valence-electron chi connectivity index (χ2n) is 3.69. The highest BCUT2D eigenvalue weighted by atomic mass is 14.1. The molecule has 13 heavy (non-hydrogen) atoms. The molecule has 0 aromatic heterocycles. The summed E-state index contributed by atoms with van der Waals surface area (Å²) in [6, 6.07) is 6.50. The van der Waals surface area contributed by atoms with E-state index in [0.717, 1.165) is 6.42 Å². The van der Waals surface area contributed by atoms with Gasteiger partial charge in [0.1, 0.15) is 0 Å². The summed E-state index contributed by atoms with van der Waals surface area (Å²) in [4.78, 5) is 0. The van der Waals surface area contributed by atoms with Gasteiger partial charge in [0, 0.05) is 0 Å². The van der Waals surface area contributed by atoms with E-state index in [1.54, 1.807) is 0 Å². The molecule has 1 aliphatic rings. The van der Waals surface area contributed by atoms with Crippen molar-refractivity contribution in [2.75, 3.05) is 0 Å². The van der Waals surface area contributed by atoms with Crippen molar-refractivity contribution in [1.29, 1.82) is 0 Å². The van der Waals surface area contributed by atoms with Crippen LogP contribution in [0.15, 0.2) is 35.9 Å². The molecule has 0 amide bonds. The zero-order valence-corrected chi connectivity index (χ0v) is 8.17. The topological polar surface area (TPSA) is 0 Å². The van der Waals surface area contributed by atoms with Crippen LogP contribution < -0.4 is 0 Å². The number of aryl methyl sites for hydroxylation is 1. The third-order valence-electron chi connectivity index (χ3n) is 2.56. The van der Waals surface area contributed by atoms with Crippen LogP contribution in [0.5, 0.6) is 0 Å². The zero-order valence-electron chi connectivity index (χ0n) is 8.17. The van der Waals surface area contributed by atoms with Gasteiger partial charge in [-0.2, -0.15) is 0 Å². The van der Waals surface area contributed by atoms with Gasteiger partial charge in [0.25, 0.3) is 0 Å². The molecule has 0 N–H and O–H groups in total. The molecule has 0 saturated carbocycles. The van der Waals surface area contributed by atoms with Crippen molar-refractivity contribution in [3.63, 3.8) is 0 Å². The number of rotatable bonds is 0. The van der Waals surface area contributed by atoms with E-state index in [4.69, 9.17) is 0 Å². The van der Waals surface area contributed by atoms with E-state index in [0.29, 0.717) is 0 Å². The summed E-state index contributed by atoms with van der Waals surface area (Å²) in [6.45, 7) is 4.37. The van der Waals surface area contributed by atoms with Crippen LogP contribution in [0.25, 0.3) is 6.08 Å². The number of benzene rings is 1. The number of allylic oxidation sites excluding steroid dienone is 3. The number of hydrogen-bond acceptors (Lipinski definition) is 0. The summed E-state index contributed by atoms with van der Waals surface area (Å²) in [6.07, 6.45) is 7.62. The fourth-order valence-electron chi connectivity index (χ4n) is 1.78. The van der Waals surface area contributed by atoms with Crippen molar-refractivity contribution in [3.8, 4) is 0 Å². The molecule has 1 aromatic rings. The first-order valence-electron chi connectivity index (χ1n) is 4.70. The second kappa shape index (κ2) is 3.21.